The third-order valence-corrected chi connectivity index (χ3v) is 5.62. The summed E-state index contributed by atoms with van der Waals surface area (Å²) in [5.41, 5.74) is 5.76. The van der Waals surface area contributed by atoms with Crippen LogP contribution in [0.3, 0.4) is 0 Å². The summed E-state index contributed by atoms with van der Waals surface area (Å²) in [5, 5.41) is 7.45. The molecule has 0 aliphatic rings. The smallest absolute Gasteiger partial charge is 0.323 e. The summed E-state index contributed by atoms with van der Waals surface area (Å²) in [7, 11) is 1.60. The highest BCUT2D eigenvalue weighted by atomic mass is 16.5. The average molecular weight is 446 g/mol. The van der Waals surface area contributed by atoms with E-state index in [2.05, 4.69) is 20.6 Å². The predicted octanol–water partition coefficient (Wildman–Crippen LogP) is 5.53. The molecule has 6 rings (SSSR count). The number of anilines is 2. The molecule has 0 aliphatic carbocycles. The second-order valence-electron chi connectivity index (χ2n) is 7.73. The first-order chi connectivity index (χ1) is 16.7. The summed E-state index contributed by atoms with van der Waals surface area (Å²) in [4.78, 5) is 31.4. The van der Waals surface area contributed by atoms with Gasteiger partial charge in [-0.25, -0.2) is 14.8 Å². The molecule has 3 heterocycles. The Morgan fingerprint density at radius 3 is 1.94 bits per heavy atom. The highest BCUT2D eigenvalue weighted by Gasteiger charge is 2.14. The molecule has 6 aromatic rings. The van der Waals surface area contributed by atoms with E-state index < -0.39 is 0 Å². The Morgan fingerprint density at radius 2 is 1.29 bits per heavy atom. The fourth-order valence-electron chi connectivity index (χ4n) is 4.05. The number of aromatic nitrogens is 4. The standard InChI is InChI=1S/C26H18N6O2/c1-34-17-9-6-15(7-10-17)29-26(33)30-16-8-11-20-21(14-16)32-25-19-5-3-13-28-23(19)22-18(24(25)31-20)4-2-12-27-22/h2-14H,1H3,(H2,29,30,33). The number of fused-ring (bicyclic) bond motifs is 7. The number of hydrogen-bond donors (Lipinski definition) is 2. The van der Waals surface area contributed by atoms with Crippen LogP contribution < -0.4 is 15.4 Å². The number of methoxy groups -OCH3 is 1. The molecule has 0 radical (unpaired) electrons. The van der Waals surface area contributed by atoms with Crippen molar-refractivity contribution in [2.24, 2.45) is 0 Å². The van der Waals surface area contributed by atoms with Gasteiger partial charge in [0.2, 0.25) is 0 Å². The molecular formula is C26H18N6O2. The Labute approximate surface area is 193 Å². The van der Waals surface area contributed by atoms with E-state index in [0.717, 1.165) is 44.1 Å². The average Bonchev–Trinajstić information content (AvgIpc) is 2.88. The largest absolute Gasteiger partial charge is 0.497 e. The lowest BCUT2D eigenvalue weighted by Crippen LogP contribution is -2.19. The molecule has 0 bridgehead atoms. The number of carbonyl (C=O) groups excluding carboxylic acids is 1. The van der Waals surface area contributed by atoms with Gasteiger partial charge in [0.15, 0.2) is 0 Å². The van der Waals surface area contributed by atoms with E-state index in [4.69, 9.17) is 14.7 Å². The van der Waals surface area contributed by atoms with Crippen molar-refractivity contribution in [3.05, 3.63) is 79.1 Å². The molecule has 2 amide bonds. The van der Waals surface area contributed by atoms with Gasteiger partial charge in [0.05, 0.1) is 40.2 Å². The minimum absolute atomic E-state index is 0.356. The predicted molar refractivity (Wildman–Crippen MR) is 133 cm³/mol. The Morgan fingerprint density at radius 1 is 0.706 bits per heavy atom. The molecule has 0 unspecified atom stereocenters. The van der Waals surface area contributed by atoms with Gasteiger partial charge in [-0.2, -0.15) is 0 Å². The molecule has 0 saturated carbocycles. The lowest BCUT2D eigenvalue weighted by atomic mass is 10.1. The van der Waals surface area contributed by atoms with Crippen molar-refractivity contribution in [3.8, 4) is 5.75 Å². The van der Waals surface area contributed by atoms with E-state index >= 15 is 0 Å². The van der Waals surface area contributed by atoms with E-state index in [1.165, 1.54) is 0 Å². The minimum atomic E-state index is -0.356. The van der Waals surface area contributed by atoms with Crippen molar-refractivity contribution in [1.29, 1.82) is 0 Å². The van der Waals surface area contributed by atoms with Crippen molar-refractivity contribution in [2.75, 3.05) is 17.7 Å². The van der Waals surface area contributed by atoms with Crippen molar-refractivity contribution in [3.63, 3.8) is 0 Å². The summed E-state index contributed by atoms with van der Waals surface area (Å²) >= 11 is 0. The van der Waals surface area contributed by atoms with E-state index in [9.17, 15) is 4.79 Å². The number of urea groups is 1. The van der Waals surface area contributed by atoms with Gasteiger partial charge < -0.3 is 15.4 Å². The van der Waals surface area contributed by atoms with Crippen molar-refractivity contribution >= 4 is 61.3 Å². The summed E-state index contributed by atoms with van der Waals surface area (Å²) in [6.45, 7) is 0. The third-order valence-electron chi connectivity index (χ3n) is 5.62. The van der Waals surface area contributed by atoms with Gasteiger partial charge in [-0.1, -0.05) is 0 Å². The molecule has 3 aromatic heterocycles. The second-order valence-corrected chi connectivity index (χ2v) is 7.73. The number of hydrogen-bond acceptors (Lipinski definition) is 6. The zero-order valence-corrected chi connectivity index (χ0v) is 18.1. The van der Waals surface area contributed by atoms with E-state index in [1.807, 2.05) is 36.4 Å². The maximum Gasteiger partial charge on any atom is 0.323 e. The number of ether oxygens (including phenoxy) is 1. The number of benzene rings is 3. The Hall–Kier alpha value is -4.85. The zero-order chi connectivity index (χ0) is 23.1. The first kappa shape index (κ1) is 19.8. The van der Waals surface area contributed by atoms with E-state index in [0.29, 0.717) is 16.9 Å². The lowest BCUT2D eigenvalue weighted by Gasteiger charge is -2.11. The Bertz CT molecular complexity index is 1720. The van der Waals surface area contributed by atoms with Crippen molar-refractivity contribution < 1.29 is 9.53 Å². The maximum atomic E-state index is 12.5. The lowest BCUT2D eigenvalue weighted by molar-refractivity contribution is 0.262. The number of rotatable bonds is 3. The number of nitrogens with one attached hydrogen (secondary N) is 2. The molecule has 2 N–H and O–H groups in total. The van der Waals surface area contributed by atoms with Gasteiger partial charge in [0.25, 0.3) is 0 Å². The summed E-state index contributed by atoms with van der Waals surface area (Å²) in [6, 6.07) is 19.9. The van der Waals surface area contributed by atoms with Crippen LogP contribution in [0.15, 0.2) is 79.1 Å². The molecule has 3 aromatic carbocycles. The molecule has 164 valence electrons. The quantitative estimate of drug-likeness (QED) is 0.274. The van der Waals surface area contributed by atoms with Gasteiger partial charge >= 0.3 is 6.03 Å². The monoisotopic (exact) mass is 446 g/mol. The number of amides is 2. The molecule has 0 spiro atoms. The van der Waals surface area contributed by atoms with Crippen LogP contribution >= 0.6 is 0 Å². The number of pyridine rings is 2. The summed E-state index contributed by atoms with van der Waals surface area (Å²) < 4.78 is 5.14. The van der Waals surface area contributed by atoms with Crippen molar-refractivity contribution in [1.82, 2.24) is 19.9 Å². The Balaban J connectivity index is 1.40. The minimum Gasteiger partial charge on any atom is -0.497 e. The Kier molecular flexibility index (Phi) is 4.62. The number of carbonyl (C=O) groups is 1. The molecule has 8 heteroatoms. The fourth-order valence-corrected chi connectivity index (χ4v) is 4.05. The van der Waals surface area contributed by atoms with Gasteiger partial charge in [0, 0.05) is 34.5 Å². The van der Waals surface area contributed by atoms with Gasteiger partial charge in [-0.3, -0.25) is 9.97 Å². The van der Waals surface area contributed by atoms with Crippen LogP contribution in [0.2, 0.25) is 0 Å². The maximum absolute atomic E-state index is 12.5. The van der Waals surface area contributed by atoms with Crippen molar-refractivity contribution in [2.45, 2.75) is 0 Å². The van der Waals surface area contributed by atoms with Gasteiger partial charge in [0.1, 0.15) is 5.75 Å². The van der Waals surface area contributed by atoms with Crippen LogP contribution in [0.25, 0.3) is 43.9 Å². The van der Waals surface area contributed by atoms with Gasteiger partial charge in [-0.15, -0.1) is 0 Å². The third kappa shape index (κ3) is 3.38. The molecule has 0 aliphatic heterocycles. The summed E-state index contributed by atoms with van der Waals surface area (Å²) in [6.07, 6.45) is 3.51. The molecule has 8 nitrogen and oxygen atoms in total. The van der Waals surface area contributed by atoms with Crippen LogP contribution in [0, 0.1) is 0 Å². The van der Waals surface area contributed by atoms with Crippen LogP contribution in [-0.4, -0.2) is 33.1 Å². The summed E-state index contributed by atoms with van der Waals surface area (Å²) in [5.74, 6) is 0.720. The number of nitrogens with zero attached hydrogens (tertiary/aromatic N) is 4. The fraction of sp³-hybridized carbons (Fsp3) is 0.0385. The highest BCUT2D eigenvalue weighted by molar-refractivity contribution is 6.21. The van der Waals surface area contributed by atoms with E-state index in [-0.39, 0.29) is 6.03 Å². The highest BCUT2D eigenvalue weighted by Crippen LogP contribution is 2.32. The van der Waals surface area contributed by atoms with E-state index in [1.54, 1.807) is 49.8 Å². The topological polar surface area (TPSA) is 102 Å². The first-order valence-electron chi connectivity index (χ1n) is 10.6. The van der Waals surface area contributed by atoms with Crippen LogP contribution in [0.5, 0.6) is 5.75 Å². The molecule has 34 heavy (non-hydrogen) atoms. The SMILES string of the molecule is COc1ccc(NC(=O)Nc2ccc3nc4c5cccnc5c5ncccc5c4nc3c2)cc1. The van der Waals surface area contributed by atoms with Gasteiger partial charge in [-0.05, 0) is 66.7 Å². The van der Waals surface area contributed by atoms with Crippen LogP contribution in [0.4, 0.5) is 16.2 Å². The molecule has 0 fully saturated rings. The molecule has 0 saturated heterocycles. The zero-order valence-electron chi connectivity index (χ0n) is 18.1. The normalized spacial score (nSPS) is 11.2. The molecule has 0 atom stereocenters. The first-order valence-corrected chi connectivity index (χ1v) is 10.6. The van der Waals surface area contributed by atoms with Crippen LogP contribution in [0.1, 0.15) is 0 Å². The molecular weight excluding hydrogens is 428 g/mol. The van der Waals surface area contributed by atoms with Crippen LogP contribution in [-0.2, 0) is 0 Å². The second kappa shape index (κ2) is 7.93.